The van der Waals surface area contributed by atoms with E-state index >= 15 is 0 Å². The number of rotatable bonds is 5. The number of esters is 1. The maximum Gasteiger partial charge on any atom is 0.327 e. The summed E-state index contributed by atoms with van der Waals surface area (Å²) >= 11 is 4.01. The molecule has 0 spiro atoms. The van der Waals surface area contributed by atoms with Crippen molar-refractivity contribution in [2.45, 2.75) is 24.3 Å². The summed E-state index contributed by atoms with van der Waals surface area (Å²) in [6.45, 7) is 3.29. The number of sulfonamides is 1. The van der Waals surface area contributed by atoms with E-state index in [0.29, 0.717) is 0 Å². The minimum Gasteiger partial charge on any atom is -0.468 e. The maximum absolute atomic E-state index is 12.2. The zero-order valence-corrected chi connectivity index (χ0v) is 12.7. The maximum atomic E-state index is 12.2. The molecule has 0 saturated heterocycles. The molecule has 0 aliphatic heterocycles. The highest BCUT2D eigenvalue weighted by molar-refractivity contribution is 7.89. The zero-order valence-electron chi connectivity index (χ0n) is 11.0. The number of methoxy groups -OCH3 is 1. The minimum absolute atomic E-state index is 0.00916. The summed E-state index contributed by atoms with van der Waals surface area (Å²) in [7, 11) is -2.60. The van der Waals surface area contributed by atoms with Crippen LogP contribution < -0.4 is 4.72 Å². The number of benzene rings is 1. The Bertz CT molecular complexity index is 554. The van der Waals surface area contributed by atoms with Crippen molar-refractivity contribution in [3.63, 3.8) is 0 Å². The van der Waals surface area contributed by atoms with Crippen LogP contribution in [0, 0.1) is 6.92 Å². The normalized spacial score (nSPS) is 14.7. The molecule has 1 unspecified atom stereocenters. The zero-order chi connectivity index (χ0) is 14.7. The van der Waals surface area contributed by atoms with Gasteiger partial charge in [0.1, 0.15) is 5.54 Å². The molecule has 0 radical (unpaired) electrons. The third kappa shape index (κ3) is 3.71. The molecular formula is C12H17NO4S2. The van der Waals surface area contributed by atoms with Crippen LogP contribution in [0.15, 0.2) is 29.2 Å². The summed E-state index contributed by atoms with van der Waals surface area (Å²) in [5.74, 6) is -0.691. The van der Waals surface area contributed by atoms with Gasteiger partial charge in [-0.3, -0.25) is 4.79 Å². The van der Waals surface area contributed by atoms with E-state index in [4.69, 9.17) is 0 Å². The van der Waals surface area contributed by atoms with Crippen molar-refractivity contribution in [2.75, 3.05) is 12.9 Å². The lowest BCUT2D eigenvalue weighted by molar-refractivity contribution is -0.146. The lowest BCUT2D eigenvalue weighted by Gasteiger charge is -2.25. The fraction of sp³-hybridized carbons (Fsp3) is 0.417. The van der Waals surface area contributed by atoms with Gasteiger partial charge in [0.15, 0.2) is 0 Å². The quantitative estimate of drug-likeness (QED) is 0.632. The number of carbonyl (C=O) groups excluding carboxylic acids is 1. The van der Waals surface area contributed by atoms with Gasteiger partial charge in [-0.1, -0.05) is 17.7 Å². The van der Waals surface area contributed by atoms with Crippen molar-refractivity contribution in [3.8, 4) is 0 Å². The number of carbonyl (C=O) groups is 1. The fourth-order valence-corrected chi connectivity index (χ4v) is 3.11. The van der Waals surface area contributed by atoms with Crippen molar-refractivity contribution < 1.29 is 17.9 Å². The lowest BCUT2D eigenvalue weighted by Crippen LogP contribution is -2.54. The number of hydrogen-bond donors (Lipinski definition) is 2. The molecule has 1 aromatic carbocycles. The highest BCUT2D eigenvalue weighted by Gasteiger charge is 2.37. The summed E-state index contributed by atoms with van der Waals surface area (Å²) in [6, 6.07) is 6.33. The summed E-state index contributed by atoms with van der Waals surface area (Å²) < 4.78 is 31.3. The van der Waals surface area contributed by atoms with Crippen molar-refractivity contribution >= 4 is 28.6 Å². The predicted molar refractivity (Wildman–Crippen MR) is 75.8 cm³/mol. The standard InChI is InChI=1S/C12H17NO4S2/c1-9-4-6-10(7-5-9)19(15,16)13-12(2,8-18)11(14)17-3/h4-7,13,18H,8H2,1-3H3. The third-order valence-electron chi connectivity index (χ3n) is 2.64. The monoisotopic (exact) mass is 303 g/mol. The Morgan fingerprint density at radius 2 is 1.89 bits per heavy atom. The van der Waals surface area contributed by atoms with Crippen LogP contribution in [0.25, 0.3) is 0 Å². The van der Waals surface area contributed by atoms with E-state index in [-0.39, 0.29) is 10.6 Å². The Morgan fingerprint density at radius 1 is 1.37 bits per heavy atom. The van der Waals surface area contributed by atoms with Crippen LogP contribution in [0.5, 0.6) is 0 Å². The summed E-state index contributed by atoms with van der Waals surface area (Å²) in [5.41, 5.74) is -0.453. The SMILES string of the molecule is COC(=O)C(C)(CS)NS(=O)(=O)c1ccc(C)cc1. The molecule has 1 N–H and O–H groups in total. The molecule has 0 saturated carbocycles. The van der Waals surface area contributed by atoms with Gasteiger partial charge in [-0.05, 0) is 26.0 Å². The highest BCUT2D eigenvalue weighted by Crippen LogP contribution is 2.16. The summed E-state index contributed by atoms with van der Waals surface area (Å²) in [4.78, 5) is 11.7. The predicted octanol–water partition coefficient (Wildman–Crippen LogP) is 1.13. The molecule has 1 atom stereocenters. The molecule has 0 aliphatic rings. The molecule has 0 aromatic heterocycles. The third-order valence-corrected chi connectivity index (χ3v) is 4.89. The number of thiol groups is 1. The largest absolute Gasteiger partial charge is 0.468 e. The Hall–Kier alpha value is -1.05. The van der Waals surface area contributed by atoms with Gasteiger partial charge in [0.2, 0.25) is 10.0 Å². The lowest BCUT2D eigenvalue weighted by atomic mass is 10.1. The Labute approximate surface area is 118 Å². The van der Waals surface area contributed by atoms with Crippen LogP contribution in [0.3, 0.4) is 0 Å². The van der Waals surface area contributed by atoms with Gasteiger partial charge in [0.25, 0.3) is 0 Å². The second-order valence-corrected chi connectivity index (χ2v) is 6.40. The van der Waals surface area contributed by atoms with Gasteiger partial charge in [-0.15, -0.1) is 0 Å². The van der Waals surface area contributed by atoms with Gasteiger partial charge >= 0.3 is 5.97 Å². The van der Waals surface area contributed by atoms with Crippen LogP contribution in [0.1, 0.15) is 12.5 Å². The number of ether oxygens (including phenoxy) is 1. The molecule has 7 heteroatoms. The number of nitrogens with one attached hydrogen (secondary N) is 1. The highest BCUT2D eigenvalue weighted by atomic mass is 32.2. The van der Waals surface area contributed by atoms with Crippen LogP contribution in [0.4, 0.5) is 0 Å². The molecule has 0 bridgehead atoms. The van der Waals surface area contributed by atoms with Crippen LogP contribution in [0.2, 0.25) is 0 Å². The van der Waals surface area contributed by atoms with Crippen molar-refractivity contribution in [1.82, 2.24) is 4.72 Å². The van der Waals surface area contributed by atoms with Gasteiger partial charge in [-0.2, -0.15) is 17.4 Å². The van der Waals surface area contributed by atoms with Crippen molar-refractivity contribution in [1.29, 1.82) is 0 Å². The van der Waals surface area contributed by atoms with Crippen molar-refractivity contribution in [2.24, 2.45) is 0 Å². The Balaban J connectivity index is 3.08. The van der Waals surface area contributed by atoms with E-state index < -0.39 is 21.5 Å². The average Bonchev–Trinajstić information content (AvgIpc) is 2.37. The topological polar surface area (TPSA) is 72.5 Å². The fourth-order valence-electron chi connectivity index (χ4n) is 1.44. The molecule has 0 aliphatic carbocycles. The molecule has 1 rings (SSSR count). The molecule has 0 heterocycles. The molecule has 0 amide bonds. The van der Waals surface area contributed by atoms with Gasteiger partial charge in [0, 0.05) is 5.75 Å². The number of hydrogen-bond acceptors (Lipinski definition) is 5. The van der Waals surface area contributed by atoms with Crippen LogP contribution in [-0.2, 0) is 19.6 Å². The number of aryl methyl sites for hydroxylation is 1. The summed E-state index contributed by atoms with van der Waals surface area (Å²) in [6.07, 6.45) is 0. The van der Waals surface area contributed by atoms with Crippen LogP contribution in [-0.4, -0.2) is 32.8 Å². The summed E-state index contributed by atoms with van der Waals surface area (Å²) in [5, 5.41) is 0. The smallest absolute Gasteiger partial charge is 0.327 e. The van der Waals surface area contributed by atoms with E-state index in [2.05, 4.69) is 22.1 Å². The van der Waals surface area contributed by atoms with Gasteiger partial charge in [-0.25, -0.2) is 8.42 Å². The molecular weight excluding hydrogens is 286 g/mol. The molecule has 19 heavy (non-hydrogen) atoms. The van der Waals surface area contributed by atoms with E-state index in [1.54, 1.807) is 12.1 Å². The van der Waals surface area contributed by atoms with E-state index in [9.17, 15) is 13.2 Å². The minimum atomic E-state index is -3.80. The molecule has 0 fully saturated rings. The van der Waals surface area contributed by atoms with Crippen LogP contribution >= 0.6 is 12.6 Å². The van der Waals surface area contributed by atoms with E-state index in [0.717, 1.165) is 5.56 Å². The first-order valence-electron chi connectivity index (χ1n) is 5.55. The molecule has 1 aromatic rings. The van der Waals surface area contributed by atoms with E-state index in [1.165, 1.54) is 26.2 Å². The average molecular weight is 303 g/mol. The van der Waals surface area contributed by atoms with Gasteiger partial charge in [0.05, 0.1) is 12.0 Å². The second kappa shape index (κ2) is 5.94. The Morgan fingerprint density at radius 3 is 2.32 bits per heavy atom. The Kier molecular flexibility index (Phi) is 5.00. The molecule has 106 valence electrons. The van der Waals surface area contributed by atoms with Crippen molar-refractivity contribution in [3.05, 3.63) is 29.8 Å². The first-order chi connectivity index (χ1) is 8.75. The van der Waals surface area contributed by atoms with E-state index in [1.807, 2.05) is 6.92 Å². The molecule has 5 nitrogen and oxygen atoms in total. The first kappa shape index (κ1) is 16.0. The van der Waals surface area contributed by atoms with Gasteiger partial charge < -0.3 is 4.74 Å². The second-order valence-electron chi connectivity index (χ2n) is 4.40. The first-order valence-corrected chi connectivity index (χ1v) is 7.66.